The Labute approximate surface area is 88.5 Å². The van der Waals surface area contributed by atoms with Gasteiger partial charge in [-0.1, -0.05) is 0 Å². The molecule has 80 valence electrons. The highest BCUT2D eigenvalue weighted by Crippen LogP contribution is 2.30. The lowest BCUT2D eigenvalue weighted by atomic mass is 10.2. The highest BCUT2D eigenvalue weighted by molar-refractivity contribution is 8.13. The number of rotatable bonds is 2. The lowest BCUT2D eigenvalue weighted by Crippen LogP contribution is -2.03. The first-order chi connectivity index (χ1) is 6.88. The molecule has 0 bridgehead atoms. The van der Waals surface area contributed by atoms with Gasteiger partial charge in [-0.05, 0) is 6.07 Å². The van der Waals surface area contributed by atoms with Crippen LogP contribution in [-0.2, 0) is 9.05 Å². The van der Waals surface area contributed by atoms with Crippen LogP contribution >= 0.6 is 10.7 Å². The van der Waals surface area contributed by atoms with E-state index < -0.39 is 31.6 Å². The number of hydrogen-bond donors (Lipinski definition) is 0. The second-order valence-electron chi connectivity index (χ2n) is 2.42. The van der Waals surface area contributed by atoms with Crippen LogP contribution in [0.4, 0.5) is 8.78 Å². The van der Waals surface area contributed by atoms with E-state index >= 15 is 0 Å². The van der Waals surface area contributed by atoms with Gasteiger partial charge in [0.15, 0.2) is 5.69 Å². The summed E-state index contributed by atoms with van der Waals surface area (Å²) in [7, 11) is 0.628. The van der Waals surface area contributed by atoms with E-state index in [-0.39, 0.29) is 0 Å². The molecule has 1 aromatic rings. The molecule has 1 aromatic heterocycles. The molecule has 1 rings (SSSR count). The monoisotopic (exact) mass is 252 g/mol. The lowest BCUT2D eigenvalue weighted by Gasteiger charge is -2.05. The smallest absolute Gasteiger partial charge is 0.245 e. The van der Waals surface area contributed by atoms with Crippen LogP contribution in [0.15, 0.2) is 17.2 Å². The summed E-state index contributed by atoms with van der Waals surface area (Å²) in [5.41, 5.74) is -1.61. The summed E-state index contributed by atoms with van der Waals surface area (Å²) in [5.74, 6) is 0. The van der Waals surface area contributed by atoms with Crippen LogP contribution in [0, 0.1) is 11.3 Å². The third kappa shape index (κ3) is 2.40. The van der Waals surface area contributed by atoms with E-state index in [1.165, 1.54) is 6.07 Å². The third-order valence-corrected chi connectivity index (χ3v) is 2.92. The van der Waals surface area contributed by atoms with Gasteiger partial charge in [0.1, 0.15) is 6.07 Å². The van der Waals surface area contributed by atoms with Crippen LogP contribution in [-0.4, -0.2) is 13.4 Å². The van der Waals surface area contributed by atoms with Crippen molar-refractivity contribution in [3.63, 3.8) is 0 Å². The molecule has 0 aromatic carbocycles. The summed E-state index contributed by atoms with van der Waals surface area (Å²) in [4.78, 5) is 2.54. The van der Waals surface area contributed by atoms with Crippen molar-refractivity contribution in [3.05, 3.63) is 23.5 Å². The molecule has 0 aliphatic carbocycles. The predicted octanol–water partition coefficient (Wildman–Crippen LogP) is 1.82. The standard InChI is InChI=1S/C7H3ClF2N2O2S/c8-15(13,14)5-1-2-12-4(3-11)6(5)7(9)10/h1-2,7H. The molecule has 0 fully saturated rings. The molecule has 15 heavy (non-hydrogen) atoms. The maximum absolute atomic E-state index is 12.5. The minimum absolute atomic E-state index is 0.647. The van der Waals surface area contributed by atoms with Crippen molar-refractivity contribution in [3.8, 4) is 6.07 Å². The van der Waals surface area contributed by atoms with Gasteiger partial charge in [-0.3, -0.25) is 0 Å². The predicted molar refractivity (Wildman–Crippen MR) is 46.9 cm³/mol. The number of aromatic nitrogens is 1. The van der Waals surface area contributed by atoms with E-state index in [1.54, 1.807) is 0 Å². The fourth-order valence-electron chi connectivity index (χ4n) is 0.968. The molecule has 0 amide bonds. The SMILES string of the molecule is N#Cc1nccc(S(=O)(=O)Cl)c1C(F)F. The Balaban J connectivity index is 3.62. The first kappa shape index (κ1) is 11.8. The fourth-order valence-corrected chi connectivity index (χ4v) is 2.04. The van der Waals surface area contributed by atoms with E-state index in [9.17, 15) is 17.2 Å². The summed E-state index contributed by atoms with van der Waals surface area (Å²) >= 11 is 0. The number of halogens is 3. The molecule has 0 spiro atoms. The van der Waals surface area contributed by atoms with Gasteiger partial charge in [0.25, 0.3) is 15.5 Å². The van der Waals surface area contributed by atoms with Crippen LogP contribution < -0.4 is 0 Å². The maximum atomic E-state index is 12.5. The highest BCUT2D eigenvalue weighted by atomic mass is 35.7. The summed E-state index contributed by atoms with van der Waals surface area (Å²) in [6, 6.07) is 2.20. The van der Waals surface area contributed by atoms with Crippen LogP contribution in [0.2, 0.25) is 0 Å². The Morgan fingerprint density at radius 1 is 1.53 bits per heavy atom. The Morgan fingerprint density at radius 2 is 2.13 bits per heavy atom. The molecular weight excluding hydrogens is 250 g/mol. The van der Waals surface area contributed by atoms with Crippen molar-refractivity contribution in [2.24, 2.45) is 0 Å². The topological polar surface area (TPSA) is 70.8 Å². The largest absolute Gasteiger partial charge is 0.267 e. The molecule has 0 saturated carbocycles. The van der Waals surface area contributed by atoms with Gasteiger partial charge in [0, 0.05) is 16.9 Å². The first-order valence-electron chi connectivity index (χ1n) is 3.49. The van der Waals surface area contributed by atoms with Crippen molar-refractivity contribution < 1.29 is 17.2 Å². The maximum Gasteiger partial charge on any atom is 0.267 e. The Morgan fingerprint density at radius 3 is 2.53 bits per heavy atom. The molecule has 0 aliphatic rings. The highest BCUT2D eigenvalue weighted by Gasteiger charge is 2.25. The van der Waals surface area contributed by atoms with E-state index in [0.29, 0.717) is 0 Å². The number of hydrogen-bond acceptors (Lipinski definition) is 4. The summed E-state index contributed by atoms with van der Waals surface area (Å²) in [5, 5.41) is 8.47. The van der Waals surface area contributed by atoms with Gasteiger partial charge >= 0.3 is 0 Å². The van der Waals surface area contributed by atoms with Gasteiger partial charge < -0.3 is 0 Å². The summed E-state index contributed by atoms with van der Waals surface area (Å²) in [6.45, 7) is 0. The molecule has 0 atom stereocenters. The van der Waals surface area contributed by atoms with Gasteiger partial charge in [0.05, 0.1) is 10.5 Å². The molecule has 1 heterocycles. The fraction of sp³-hybridized carbons (Fsp3) is 0.143. The molecule has 0 radical (unpaired) electrons. The van der Waals surface area contributed by atoms with Crippen molar-refractivity contribution in [1.29, 1.82) is 5.26 Å². The summed E-state index contributed by atoms with van der Waals surface area (Å²) < 4.78 is 46.8. The summed E-state index contributed by atoms with van der Waals surface area (Å²) in [6.07, 6.45) is -2.20. The van der Waals surface area contributed by atoms with Crippen LogP contribution in [0.1, 0.15) is 17.7 Å². The van der Waals surface area contributed by atoms with Crippen molar-refractivity contribution >= 4 is 19.7 Å². The average Bonchev–Trinajstić information content (AvgIpc) is 2.15. The molecular formula is C7H3ClF2N2O2S. The molecule has 0 unspecified atom stereocenters. The minimum Gasteiger partial charge on any atom is -0.245 e. The Kier molecular flexibility index (Phi) is 3.21. The second kappa shape index (κ2) is 4.08. The first-order valence-corrected chi connectivity index (χ1v) is 5.80. The van der Waals surface area contributed by atoms with Crippen molar-refractivity contribution in [1.82, 2.24) is 4.98 Å². The molecule has 0 aliphatic heterocycles. The number of nitriles is 1. The van der Waals surface area contributed by atoms with E-state index in [0.717, 1.165) is 12.3 Å². The Bertz CT molecular complexity index is 524. The quantitative estimate of drug-likeness (QED) is 0.753. The number of alkyl halides is 2. The normalized spacial score (nSPS) is 11.4. The average molecular weight is 253 g/mol. The second-order valence-corrected chi connectivity index (χ2v) is 4.96. The van der Waals surface area contributed by atoms with Gasteiger partial charge in [-0.15, -0.1) is 0 Å². The number of pyridine rings is 1. The lowest BCUT2D eigenvalue weighted by molar-refractivity contribution is 0.147. The zero-order valence-electron chi connectivity index (χ0n) is 6.99. The van der Waals surface area contributed by atoms with E-state index in [4.69, 9.17) is 15.9 Å². The van der Waals surface area contributed by atoms with Crippen LogP contribution in [0.5, 0.6) is 0 Å². The van der Waals surface area contributed by atoms with Gasteiger partial charge in [-0.25, -0.2) is 22.2 Å². The zero-order valence-corrected chi connectivity index (χ0v) is 8.56. The van der Waals surface area contributed by atoms with Crippen LogP contribution in [0.25, 0.3) is 0 Å². The molecule has 8 heteroatoms. The Hall–Kier alpha value is -1.26. The zero-order chi connectivity index (χ0) is 11.6. The van der Waals surface area contributed by atoms with Crippen LogP contribution in [0.3, 0.4) is 0 Å². The number of nitrogens with zero attached hydrogens (tertiary/aromatic N) is 2. The molecule has 0 saturated heterocycles. The molecule has 4 nitrogen and oxygen atoms in total. The van der Waals surface area contributed by atoms with Crippen molar-refractivity contribution in [2.75, 3.05) is 0 Å². The molecule has 0 N–H and O–H groups in total. The van der Waals surface area contributed by atoms with E-state index in [2.05, 4.69) is 4.98 Å². The third-order valence-electron chi connectivity index (χ3n) is 1.54. The van der Waals surface area contributed by atoms with Crippen molar-refractivity contribution in [2.45, 2.75) is 11.3 Å². The minimum atomic E-state index is -4.31. The van der Waals surface area contributed by atoms with Gasteiger partial charge in [0.2, 0.25) is 0 Å². The van der Waals surface area contributed by atoms with Gasteiger partial charge in [-0.2, -0.15) is 5.26 Å². The van der Waals surface area contributed by atoms with E-state index in [1.807, 2.05) is 0 Å².